The zero-order valence-electron chi connectivity index (χ0n) is 13.0. The van der Waals surface area contributed by atoms with Crippen molar-refractivity contribution in [2.75, 3.05) is 6.61 Å². The number of rotatable bonds is 4. The van der Waals surface area contributed by atoms with Crippen LogP contribution in [0.5, 0.6) is 0 Å². The van der Waals surface area contributed by atoms with Crippen LogP contribution in [0.25, 0.3) is 5.78 Å². The van der Waals surface area contributed by atoms with E-state index < -0.39 is 5.97 Å². The Morgan fingerprint density at radius 3 is 2.87 bits per heavy atom. The minimum Gasteiger partial charge on any atom is -0.459 e. The van der Waals surface area contributed by atoms with E-state index in [1.54, 1.807) is 26.8 Å². The van der Waals surface area contributed by atoms with Crippen LogP contribution in [0.1, 0.15) is 33.1 Å². The Labute approximate surface area is 131 Å². The molecule has 8 nitrogen and oxygen atoms in total. The molecular formula is C15H16N4O4. The van der Waals surface area contributed by atoms with E-state index in [4.69, 9.17) is 9.15 Å². The Morgan fingerprint density at radius 1 is 1.39 bits per heavy atom. The summed E-state index contributed by atoms with van der Waals surface area (Å²) in [5.41, 5.74) is 1.53. The van der Waals surface area contributed by atoms with Crippen molar-refractivity contribution in [3.05, 3.63) is 51.1 Å². The number of H-pyrrole nitrogens is 1. The number of esters is 1. The van der Waals surface area contributed by atoms with Crippen LogP contribution in [0.15, 0.2) is 21.6 Å². The summed E-state index contributed by atoms with van der Waals surface area (Å²) in [6, 6.07) is 1.77. The number of carbonyl (C=O) groups is 1. The smallest absolute Gasteiger partial charge is 0.374 e. The minimum absolute atomic E-state index is 0.0655. The molecule has 0 unspecified atom stereocenters. The minimum atomic E-state index is -0.538. The number of furan rings is 1. The van der Waals surface area contributed by atoms with Crippen molar-refractivity contribution in [2.45, 2.75) is 27.2 Å². The summed E-state index contributed by atoms with van der Waals surface area (Å²) in [5, 5.41) is 2.70. The number of hydrogen-bond acceptors (Lipinski definition) is 6. The molecule has 3 rings (SSSR count). The summed E-state index contributed by atoms with van der Waals surface area (Å²) >= 11 is 0. The van der Waals surface area contributed by atoms with Crippen LogP contribution in [-0.2, 0) is 11.2 Å². The maximum Gasteiger partial charge on any atom is 0.374 e. The van der Waals surface area contributed by atoms with Gasteiger partial charge in [0.2, 0.25) is 5.76 Å². The van der Waals surface area contributed by atoms with Gasteiger partial charge in [-0.15, -0.1) is 0 Å². The average molecular weight is 316 g/mol. The van der Waals surface area contributed by atoms with Gasteiger partial charge in [-0.3, -0.25) is 9.89 Å². The number of ether oxygens (including phenoxy) is 1. The van der Waals surface area contributed by atoms with E-state index in [1.807, 2.05) is 0 Å². The van der Waals surface area contributed by atoms with E-state index in [0.29, 0.717) is 22.8 Å². The van der Waals surface area contributed by atoms with Crippen molar-refractivity contribution in [1.82, 2.24) is 19.6 Å². The summed E-state index contributed by atoms with van der Waals surface area (Å²) < 4.78 is 11.8. The summed E-state index contributed by atoms with van der Waals surface area (Å²) in [5.74, 6) is 0.620. The average Bonchev–Trinajstić information content (AvgIpc) is 3.08. The van der Waals surface area contributed by atoms with E-state index in [0.717, 1.165) is 5.56 Å². The van der Waals surface area contributed by atoms with Crippen LogP contribution < -0.4 is 5.56 Å². The third kappa shape index (κ3) is 2.75. The van der Waals surface area contributed by atoms with Gasteiger partial charge in [-0.2, -0.15) is 4.52 Å². The van der Waals surface area contributed by atoms with Crippen molar-refractivity contribution in [3.8, 4) is 0 Å². The molecule has 3 aromatic rings. The molecule has 0 aromatic carbocycles. The van der Waals surface area contributed by atoms with E-state index in [9.17, 15) is 9.59 Å². The van der Waals surface area contributed by atoms with Crippen LogP contribution in [-0.4, -0.2) is 32.2 Å². The Balaban J connectivity index is 1.73. The molecule has 0 saturated carbocycles. The van der Waals surface area contributed by atoms with Gasteiger partial charge in [0.1, 0.15) is 12.1 Å². The number of hydrogen-bond donors (Lipinski definition) is 1. The number of aryl methyl sites for hydroxylation is 3. The van der Waals surface area contributed by atoms with Gasteiger partial charge in [0.25, 0.3) is 11.3 Å². The van der Waals surface area contributed by atoms with E-state index in [-0.39, 0.29) is 24.3 Å². The lowest BCUT2D eigenvalue weighted by molar-refractivity contribution is 0.0469. The predicted octanol–water partition coefficient (Wildman–Crippen LogP) is 1.34. The molecule has 1 N–H and O–H groups in total. The first-order chi connectivity index (χ1) is 11.0. The fraction of sp³-hybridized carbons (Fsp3) is 0.333. The Morgan fingerprint density at radius 2 is 2.17 bits per heavy atom. The van der Waals surface area contributed by atoms with E-state index in [2.05, 4.69) is 15.1 Å². The molecular weight excluding hydrogens is 300 g/mol. The molecule has 0 fully saturated rings. The Hall–Kier alpha value is -2.90. The highest BCUT2D eigenvalue weighted by Crippen LogP contribution is 2.15. The fourth-order valence-electron chi connectivity index (χ4n) is 2.44. The largest absolute Gasteiger partial charge is 0.459 e. The third-order valence-corrected chi connectivity index (χ3v) is 3.54. The number of aromatic nitrogens is 4. The highest BCUT2D eigenvalue weighted by molar-refractivity contribution is 5.88. The van der Waals surface area contributed by atoms with Crippen molar-refractivity contribution < 1.29 is 13.9 Å². The molecule has 0 bridgehead atoms. The number of nitrogens with one attached hydrogen (secondary N) is 1. The van der Waals surface area contributed by atoms with Crippen molar-refractivity contribution in [3.63, 3.8) is 0 Å². The second-order valence-corrected chi connectivity index (χ2v) is 5.26. The van der Waals surface area contributed by atoms with Gasteiger partial charge in [0.05, 0.1) is 12.3 Å². The zero-order valence-corrected chi connectivity index (χ0v) is 13.0. The molecule has 3 heterocycles. The monoisotopic (exact) mass is 316 g/mol. The highest BCUT2D eigenvalue weighted by atomic mass is 16.5. The summed E-state index contributed by atoms with van der Waals surface area (Å²) in [6.45, 7) is 5.34. The molecule has 0 aliphatic rings. The van der Waals surface area contributed by atoms with E-state index >= 15 is 0 Å². The van der Waals surface area contributed by atoms with Gasteiger partial charge in [0.15, 0.2) is 0 Å². The Bertz CT molecular complexity index is 935. The van der Waals surface area contributed by atoms with Crippen molar-refractivity contribution in [2.24, 2.45) is 0 Å². The number of fused-ring (bicyclic) bond motifs is 1. The second kappa shape index (κ2) is 5.71. The molecule has 0 spiro atoms. The van der Waals surface area contributed by atoms with Gasteiger partial charge < -0.3 is 9.15 Å². The van der Waals surface area contributed by atoms with Gasteiger partial charge >= 0.3 is 5.97 Å². The standard InChI is InChI=1S/C15H16N4O4/c1-8-6-9(2)23-12(8)14(21)22-5-4-11-10(3)18-15-16-7-17-19(15)13(11)20/h6-7H,4-5H2,1-3H3,(H,16,17,18). The molecule has 23 heavy (non-hydrogen) atoms. The van der Waals surface area contributed by atoms with Crippen LogP contribution in [0.3, 0.4) is 0 Å². The molecule has 0 amide bonds. The lowest BCUT2D eigenvalue weighted by atomic mass is 10.2. The first-order valence-corrected chi connectivity index (χ1v) is 7.13. The first kappa shape index (κ1) is 15.0. The second-order valence-electron chi connectivity index (χ2n) is 5.26. The van der Waals surface area contributed by atoms with Crippen molar-refractivity contribution >= 4 is 11.7 Å². The van der Waals surface area contributed by atoms with Crippen LogP contribution in [0.4, 0.5) is 0 Å². The molecule has 3 aromatic heterocycles. The maximum absolute atomic E-state index is 12.3. The molecule has 0 radical (unpaired) electrons. The maximum atomic E-state index is 12.3. The SMILES string of the molecule is Cc1cc(C)c(C(=O)OCCc2c(C)nc3nc[nH]n3c2=O)o1. The number of aromatic amines is 1. The molecule has 0 saturated heterocycles. The molecule has 120 valence electrons. The molecule has 0 aliphatic carbocycles. The third-order valence-electron chi connectivity index (χ3n) is 3.54. The van der Waals surface area contributed by atoms with Crippen molar-refractivity contribution in [1.29, 1.82) is 0 Å². The topological polar surface area (TPSA) is 102 Å². The lowest BCUT2D eigenvalue weighted by Crippen LogP contribution is -2.23. The van der Waals surface area contributed by atoms with Gasteiger partial charge in [-0.25, -0.2) is 14.8 Å². The summed E-state index contributed by atoms with van der Waals surface area (Å²) in [7, 11) is 0. The molecule has 0 aliphatic heterocycles. The lowest BCUT2D eigenvalue weighted by Gasteiger charge is -2.06. The van der Waals surface area contributed by atoms with Gasteiger partial charge in [-0.05, 0) is 26.8 Å². The number of nitrogens with zero attached hydrogens (tertiary/aromatic N) is 3. The highest BCUT2D eigenvalue weighted by Gasteiger charge is 2.17. The summed E-state index contributed by atoms with van der Waals surface area (Å²) in [4.78, 5) is 32.5. The zero-order chi connectivity index (χ0) is 16.6. The van der Waals surface area contributed by atoms with Crippen LogP contribution >= 0.6 is 0 Å². The first-order valence-electron chi connectivity index (χ1n) is 7.13. The Kier molecular flexibility index (Phi) is 3.73. The van der Waals surface area contributed by atoms with Gasteiger partial charge in [-0.1, -0.05) is 0 Å². The van der Waals surface area contributed by atoms with Crippen LogP contribution in [0, 0.1) is 20.8 Å². The number of carbonyl (C=O) groups excluding carboxylic acids is 1. The van der Waals surface area contributed by atoms with E-state index in [1.165, 1.54) is 10.8 Å². The van der Waals surface area contributed by atoms with Crippen LogP contribution in [0.2, 0.25) is 0 Å². The normalized spacial score (nSPS) is 11.1. The fourth-order valence-corrected chi connectivity index (χ4v) is 2.44. The van der Waals surface area contributed by atoms with Gasteiger partial charge in [0, 0.05) is 17.5 Å². The molecule has 0 atom stereocenters. The predicted molar refractivity (Wildman–Crippen MR) is 80.5 cm³/mol. The quantitative estimate of drug-likeness (QED) is 0.729. The molecule has 8 heteroatoms. The summed E-state index contributed by atoms with van der Waals surface area (Å²) in [6.07, 6.45) is 1.67.